The zero-order valence-electron chi connectivity index (χ0n) is 32.4. The minimum absolute atomic E-state index is 0.102. The Morgan fingerprint density at radius 3 is 1.70 bits per heavy atom. The molecule has 0 spiro atoms. The number of hydrogen-bond donors (Lipinski definition) is 6. The van der Waals surface area contributed by atoms with Gasteiger partial charge in [0.15, 0.2) is 0 Å². The van der Waals surface area contributed by atoms with Crippen molar-refractivity contribution < 1.29 is 29.1 Å². The van der Waals surface area contributed by atoms with Crippen molar-refractivity contribution in [3.05, 3.63) is 71.8 Å². The van der Waals surface area contributed by atoms with Crippen molar-refractivity contribution in [2.24, 2.45) is 17.8 Å². The molecule has 0 bridgehead atoms. The van der Waals surface area contributed by atoms with Gasteiger partial charge in [0.1, 0.15) is 18.1 Å². The molecule has 5 amide bonds. The van der Waals surface area contributed by atoms with E-state index in [9.17, 15) is 29.1 Å². The number of carbonyl (C=O) groups is 5. The van der Waals surface area contributed by atoms with E-state index in [1.165, 1.54) is 23.5 Å². The third-order valence-electron chi connectivity index (χ3n) is 8.28. The van der Waals surface area contributed by atoms with Crippen LogP contribution in [0.5, 0.6) is 0 Å². The second-order valence-electron chi connectivity index (χ2n) is 14.6. The number of amides is 5. The number of carbonyl (C=O) groups excluding carboxylic acids is 5. The zero-order chi connectivity index (χ0) is 39.3. The van der Waals surface area contributed by atoms with Crippen LogP contribution < -0.4 is 26.6 Å². The Bertz CT molecular complexity index is 1410. The third-order valence-corrected chi connectivity index (χ3v) is 10.5. The molecule has 0 aliphatic heterocycles. The van der Waals surface area contributed by atoms with Gasteiger partial charge in [-0.25, -0.2) is 0 Å². The van der Waals surface area contributed by atoms with Gasteiger partial charge >= 0.3 is 0 Å². The van der Waals surface area contributed by atoms with Gasteiger partial charge in [-0.2, -0.15) is 23.5 Å². The zero-order valence-corrected chi connectivity index (χ0v) is 34.0. The van der Waals surface area contributed by atoms with E-state index in [-0.39, 0.29) is 42.2 Å². The quantitative estimate of drug-likeness (QED) is 0.0913. The molecular weight excluding hydrogens is 711 g/mol. The van der Waals surface area contributed by atoms with Crippen molar-refractivity contribution in [3.8, 4) is 0 Å². The number of thioether (sulfide) groups is 2. The van der Waals surface area contributed by atoms with E-state index < -0.39 is 48.0 Å². The van der Waals surface area contributed by atoms with Crippen LogP contribution in [-0.2, 0) is 35.5 Å². The highest BCUT2D eigenvalue weighted by atomic mass is 32.2. The number of hydrogen-bond acceptors (Lipinski definition) is 8. The minimum atomic E-state index is -1.28. The summed E-state index contributed by atoms with van der Waals surface area (Å²) in [6, 6.07) is 16.1. The van der Waals surface area contributed by atoms with Crippen molar-refractivity contribution in [1.29, 1.82) is 0 Å². The molecule has 53 heavy (non-hydrogen) atoms. The summed E-state index contributed by atoms with van der Waals surface area (Å²) in [4.78, 5) is 65.8. The lowest BCUT2D eigenvalue weighted by Crippen LogP contribution is -2.59. The molecule has 0 heterocycles. The van der Waals surface area contributed by atoms with E-state index in [0.29, 0.717) is 29.7 Å². The Kier molecular flexibility index (Phi) is 21.3. The normalized spacial score (nSPS) is 14.2. The van der Waals surface area contributed by atoms with Gasteiger partial charge in [-0.3, -0.25) is 24.0 Å². The van der Waals surface area contributed by atoms with Gasteiger partial charge in [0.2, 0.25) is 29.5 Å². The van der Waals surface area contributed by atoms with Crippen LogP contribution in [-0.4, -0.2) is 83.0 Å². The summed E-state index contributed by atoms with van der Waals surface area (Å²) in [6.45, 7) is 13.7. The van der Waals surface area contributed by atoms with E-state index in [1.807, 2.05) is 74.5 Å². The summed E-state index contributed by atoms with van der Waals surface area (Å²) in [5.74, 6) is -0.0506. The summed E-state index contributed by atoms with van der Waals surface area (Å²) < 4.78 is 0. The molecule has 0 aliphatic rings. The molecule has 0 saturated heterocycles. The van der Waals surface area contributed by atoms with Crippen LogP contribution in [0.25, 0.3) is 0 Å². The molecule has 6 N–H and O–H groups in total. The Balaban J connectivity index is 2.16. The Hall–Kier alpha value is -3.55. The highest BCUT2D eigenvalue weighted by Gasteiger charge is 2.32. The molecule has 13 heteroatoms. The Morgan fingerprint density at radius 2 is 1.17 bits per heavy atom. The smallest absolute Gasteiger partial charge is 0.244 e. The largest absolute Gasteiger partial charge is 0.390 e. The fraction of sp³-hybridized carbons (Fsp3) is 0.575. The maximum Gasteiger partial charge on any atom is 0.244 e. The second-order valence-corrected chi connectivity index (χ2v) is 16.7. The summed E-state index contributed by atoms with van der Waals surface area (Å²) in [5.41, 5.74) is 2.16. The molecule has 5 atom stereocenters. The van der Waals surface area contributed by atoms with Crippen molar-refractivity contribution in [3.63, 3.8) is 0 Å². The minimum Gasteiger partial charge on any atom is -0.390 e. The number of nitrogens with one attached hydrogen (secondary N) is 5. The van der Waals surface area contributed by atoms with E-state index in [0.717, 1.165) is 17.5 Å². The SMILES string of the molecule is CC(C)CCNC(=O)[C@H](C)NC(=O)C[C@H](O)[C@H](CSCc1ccccc1)NC(=O)[C@@H](NC(=O)[C@H](CSCc1ccccc1)NC(=O)CC(C)C)C(C)C. The third kappa shape index (κ3) is 18.9. The first-order valence-corrected chi connectivity index (χ1v) is 20.9. The molecule has 0 aliphatic carbocycles. The van der Waals surface area contributed by atoms with E-state index in [4.69, 9.17) is 0 Å². The van der Waals surface area contributed by atoms with Gasteiger partial charge in [0.05, 0.1) is 18.6 Å². The van der Waals surface area contributed by atoms with Crippen LogP contribution in [0, 0.1) is 17.8 Å². The lowest BCUT2D eigenvalue weighted by Gasteiger charge is -2.29. The van der Waals surface area contributed by atoms with Crippen LogP contribution in [0.1, 0.15) is 78.9 Å². The van der Waals surface area contributed by atoms with E-state index >= 15 is 0 Å². The highest BCUT2D eigenvalue weighted by Crippen LogP contribution is 2.17. The maximum atomic E-state index is 13.9. The molecule has 0 radical (unpaired) electrons. The molecule has 0 fully saturated rings. The molecule has 2 rings (SSSR count). The molecule has 0 aromatic heterocycles. The first-order valence-electron chi connectivity index (χ1n) is 18.5. The van der Waals surface area contributed by atoms with Crippen molar-refractivity contribution in [2.45, 2.75) is 110 Å². The van der Waals surface area contributed by atoms with Crippen LogP contribution in [0.2, 0.25) is 0 Å². The molecule has 0 saturated carbocycles. The topological polar surface area (TPSA) is 166 Å². The second kappa shape index (κ2) is 24.7. The average molecular weight is 772 g/mol. The average Bonchev–Trinajstić information content (AvgIpc) is 3.09. The molecule has 0 unspecified atom stereocenters. The number of benzene rings is 2. The fourth-order valence-corrected chi connectivity index (χ4v) is 7.32. The van der Waals surface area contributed by atoms with Crippen LogP contribution in [0.3, 0.4) is 0 Å². The summed E-state index contributed by atoms with van der Waals surface area (Å²) in [7, 11) is 0. The molecule has 11 nitrogen and oxygen atoms in total. The summed E-state index contributed by atoms with van der Waals surface area (Å²) in [5, 5.41) is 25.4. The first kappa shape index (κ1) is 45.6. The van der Waals surface area contributed by atoms with Gasteiger partial charge in [0.25, 0.3) is 0 Å². The highest BCUT2D eigenvalue weighted by molar-refractivity contribution is 7.98. The molecular formula is C40H61N5O6S2. The standard InChI is InChI=1S/C40H61N5O6S2/c1-26(2)18-19-41-38(49)29(7)42-36(48)21-34(46)32(24-52-22-30-14-10-8-11-15-30)44-40(51)37(28(5)6)45-39(50)33(43-35(47)20-27(3)4)25-53-23-31-16-12-9-13-17-31/h8-17,26-29,32-34,37,46H,18-25H2,1-7H3,(H,41,49)(H,42,48)(H,43,47)(H,44,51)(H,45,50)/t29-,32-,33-,34-,37-/m0/s1. The number of aliphatic hydroxyl groups excluding tert-OH is 1. The van der Waals surface area contributed by atoms with Crippen LogP contribution >= 0.6 is 23.5 Å². The predicted molar refractivity (Wildman–Crippen MR) is 216 cm³/mol. The lowest BCUT2D eigenvalue weighted by molar-refractivity contribution is -0.133. The number of aliphatic hydroxyl groups is 1. The van der Waals surface area contributed by atoms with Crippen molar-refractivity contribution in [2.75, 3.05) is 18.1 Å². The number of rotatable bonds is 24. The van der Waals surface area contributed by atoms with Gasteiger partial charge in [-0.05, 0) is 42.2 Å². The van der Waals surface area contributed by atoms with E-state index in [1.54, 1.807) is 20.8 Å². The maximum absolute atomic E-state index is 13.9. The van der Waals surface area contributed by atoms with Gasteiger partial charge in [-0.1, -0.05) is 102 Å². The fourth-order valence-electron chi connectivity index (χ4n) is 5.20. The van der Waals surface area contributed by atoms with Crippen LogP contribution in [0.15, 0.2) is 60.7 Å². The van der Waals surface area contributed by atoms with Crippen molar-refractivity contribution in [1.82, 2.24) is 26.6 Å². The monoisotopic (exact) mass is 771 g/mol. The van der Waals surface area contributed by atoms with E-state index in [2.05, 4.69) is 40.4 Å². The van der Waals surface area contributed by atoms with Gasteiger partial charge in [-0.15, -0.1) is 0 Å². The molecule has 2 aromatic rings. The van der Waals surface area contributed by atoms with Crippen LogP contribution in [0.4, 0.5) is 0 Å². The first-order chi connectivity index (χ1) is 25.2. The Morgan fingerprint density at radius 1 is 0.623 bits per heavy atom. The summed E-state index contributed by atoms with van der Waals surface area (Å²) >= 11 is 3.00. The van der Waals surface area contributed by atoms with Crippen molar-refractivity contribution >= 4 is 53.1 Å². The molecule has 294 valence electrons. The summed E-state index contributed by atoms with van der Waals surface area (Å²) in [6.07, 6.45) is -0.552. The van der Waals surface area contributed by atoms with Gasteiger partial charge in [0, 0.05) is 36.0 Å². The lowest BCUT2D eigenvalue weighted by atomic mass is 10.0. The molecule has 2 aromatic carbocycles. The predicted octanol–water partition coefficient (Wildman–Crippen LogP) is 4.43. The van der Waals surface area contributed by atoms with Gasteiger partial charge < -0.3 is 31.7 Å². The Labute approximate surface area is 324 Å².